The molecule has 0 saturated carbocycles. The number of aromatic nitrogens is 2. The van der Waals surface area contributed by atoms with E-state index in [1.165, 1.54) is 6.07 Å². The molecular weight excluding hydrogens is 217 g/mol. The quantitative estimate of drug-likeness (QED) is 0.885. The summed E-state index contributed by atoms with van der Waals surface area (Å²) in [4.78, 5) is 0. The van der Waals surface area contributed by atoms with E-state index < -0.39 is 0 Å². The first-order valence-corrected chi connectivity index (χ1v) is 5.62. The summed E-state index contributed by atoms with van der Waals surface area (Å²) in [6.45, 7) is 3.95. The highest BCUT2D eigenvalue weighted by atomic mass is 19.1. The predicted molar refractivity (Wildman–Crippen MR) is 66.2 cm³/mol. The lowest BCUT2D eigenvalue weighted by Crippen LogP contribution is -2.12. The van der Waals surface area contributed by atoms with Gasteiger partial charge in [0, 0.05) is 5.56 Å². The van der Waals surface area contributed by atoms with Crippen molar-refractivity contribution in [2.24, 2.45) is 0 Å². The SMILES string of the molecule is Cc1cnn(C(C)Cc2cccc(F)c2)c1N. The molecule has 2 rings (SSSR count). The Morgan fingerprint density at radius 2 is 2.24 bits per heavy atom. The minimum atomic E-state index is -0.209. The van der Waals surface area contributed by atoms with Gasteiger partial charge in [0.05, 0.1) is 12.2 Å². The minimum absolute atomic E-state index is 0.116. The fraction of sp³-hybridized carbons (Fsp3) is 0.308. The molecule has 1 aromatic heterocycles. The van der Waals surface area contributed by atoms with Crippen LogP contribution in [0.2, 0.25) is 0 Å². The summed E-state index contributed by atoms with van der Waals surface area (Å²) < 4.78 is 14.8. The van der Waals surface area contributed by atoms with Crippen molar-refractivity contribution in [3.8, 4) is 0 Å². The molecule has 4 heteroatoms. The van der Waals surface area contributed by atoms with E-state index >= 15 is 0 Å². The van der Waals surface area contributed by atoms with Crippen LogP contribution in [0.3, 0.4) is 0 Å². The van der Waals surface area contributed by atoms with Crippen molar-refractivity contribution < 1.29 is 4.39 Å². The summed E-state index contributed by atoms with van der Waals surface area (Å²) in [7, 11) is 0. The number of benzene rings is 1. The number of halogens is 1. The standard InChI is InChI=1S/C13H16FN3/c1-9-8-16-17(13(9)15)10(2)6-11-4-3-5-12(14)7-11/h3-5,7-8,10H,6,15H2,1-2H3. The van der Waals surface area contributed by atoms with Gasteiger partial charge in [0.25, 0.3) is 0 Å². The maximum Gasteiger partial charge on any atom is 0.124 e. The molecule has 0 amide bonds. The maximum atomic E-state index is 13.1. The van der Waals surface area contributed by atoms with Crippen LogP contribution >= 0.6 is 0 Å². The van der Waals surface area contributed by atoms with E-state index in [4.69, 9.17) is 5.73 Å². The van der Waals surface area contributed by atoms with Gasteiger partial charge in [-0.05, 0) is 38.0 Å². The van der Waals surface area contributed by atoms with Crippen LogP contribution in [-0.4, -0.2) is 9.78 Å². The Balaban J connectivity index is 2.17. The molecule has 1 heterocycles. The van der Waals surface area contributed by atoms with Gasteiger partial charge in [-0.1, -0.05) is 12.1 Å². The lowest BCUT2D eigenvalue weighted by molar-refractivity contribution is 0.494. The average Bonchev–Trinajstić information content (AvgIpc) is 2.60. The van der Waals surface area contributed by atoms with Gasteiger partial charge in [0.15, 0.2) is 0 Å². The summed E-state index contributed by atoms with van der Waals surface area (Å²) in [5.41, 5.74) is 7.83. The number of anilines is 1. The van der Waals surface area contributed by atoms with E-state index in [0.29, 0.717) is 12.2 Å². The molecule has 3 nitrogen and oxygen atoms in total. The van der Waals surface area contributed by atoms with Crippen LogP contribution < -0.4 is 5.73 Å². The molecule has 0 radical (unpaired) electrons. The van der Waals surface area contributed by atoms with Crippen molar-refractivity contribution in [3.05, 3.63) is 47.4 Å². The molecule has 0 fully saturated rings. The molecule has 0 bridgehead atoms. The Morgan fingerprint density at radius 1 is 1.47 bits per heavy atom. The first kappa shape index (κ1) is 11.6. The summed E-state index contributed by atoms with van der Waals surface area (Å²) in [6.07, 6.45) is 2.46. The van der Waals surface area contributed by atoms with Gasteiger partial charge >= 0.3 is 0 Å². The molecule has 1 atom stereocenters. The zero-order valence-electron chi connectivity index (χ0n) is 10.0. The molecule has 0 aliphatic heterocycles. The minimum Gasteiger partial charge on any atom is -0.384 e. The van der Waals surface area contributed by atoms with Crippen LogP contribution in [0.15, 0.2) is 30.5 Å². The fourth-order valence-electron chi connectivity index (χ4n) is 1.90. The van der Waals surface area contributed by atoms with Crippen LogP contribution in [-0.2, 0) is 6.42 Å². The maximum absolute atomic E-state index is 13.1. The first-order chi connectivity index (χ1) is 8.08. The molecule has 2 N–H and O–H groups in total. The third-order valence-corrected chi connectivity index (χ3v) is 2.86. The molecule has 0 aliphatic rings. The van der Waals surface area contributed by atoms with Gasteiger partial charge < -0.3 is 5.73 Å². The molecule has 0 saturated heterocycles. The van der Waals surface area contributed by atoms with Gasteiger partial charge in [-0.25, -0.2) is 9.07 Å². The Morgan fingerprint density at radius 3 is 2.82 bits per heavy atom. The molecule has 0 spiro atoms. The number of rotatable bonds is 3. The second-order valence-corrected chi connectivity index (χ2v) is 4.34. The fourth-order valence-corrected chi connectivity index (χ4v) is 1.90. The lowest BCUT2D eigenvalue weighted by atomic mass is 10.1. The van der Waals surface area contributed by atoms with E-state index in [1.807, 2.05) is 19.9 Å². The highest BCUT2D eigenvalue weighted by Gasteiger charge is 2.11. The van der Waals surface area contributed by atoms with Crippen molar-refractivity contribution in [1.82, 2.24) is 9.78 Å². The molecule has 17 heavy (non-hydrogen) atoms. The molecular formula is C13H16FN3. The Bertz CT molecular complexity index is 519. The van der Waals surface area contributed by atoms with Gasteiger partial charge in [-0.3, -0.25) is 0 Å². The Labute approximate surface area is 100 Å². The van der Waals surface area contributed by atoms with Gasteiger partial charge in [0.1, 0.15) is 11.6 Å². The van der Waals surface area contributed by atoms with Crippen LogP contribution in [0, 0.1) is 12.7 Å². The lowest BCUT2D eigenvalue weighted by Gasteiger charge is -2.14. The third-order valence-electron chi connectivity index (χ3n) is 2.86. The van der Waals surface area contributed by atoms with Crippen molar-refractivity contribution in [3.63, 3.8) is 0 Å². The number of hydrogen-bond acceptors (Lipinski definition) is 2. The van der Waals surface area contributed by atoms with Crippen LogP contribution in [0.1, 0.15) is 24.1 Å². The number of nitrogens with zero attached hydrogens (tertiary/aromatic N) is 2. The van der Waals surface area contributed by atoms with Crippen molar-refractivity contribution >= 4 is 5.82 Å². The van der Waals surface area contributed by atoms with E-state index in [1.54, 1.807) is 23.0 Å². The van der Waals surface area contributed by atoms with E-state index in [9.17, 15) is 4.39 Å². The summed E-state index contributed by atoms with van der Waals surface area (Å²) in [5, 5.41) is 4.23. The normalized spacial score (nSPS) is 12.6. The Hall–Kier alpha value is -1.84. The number of aryl methyl sites for hydroxylation is 1. The van der Waals surface area contributed by atoms with Gasteiger partial charge in [-0.2, -0.15) is 5.10 Å². The summed E-state index contributed by atoms with van der Waals surface area (Å²) in [5.74, 6) is 0.466. The van der Waals surface area contributed by atoms with Gasteiger partial charge in [0.2, 0.25) is 0 Å². The number of nitrogen functional groups attached to an aromatic ring is 1. The molecule has 1 unspecified atom stereocenters. The average molecular weight is 233 g/mol. The largest absolute Gasteiger partial charge is 0.384 e. The van der Waals surface area contributed by atoms with Crippen LogP contribution in [0.5, 0.6) is 0 Å². The van der Waals surface area contributed by atoms with E-state index in [0.717, 1.165) is 11.1 Å². The molecule has 90 valence electrons. The van der Waals surface area contributed by atoms with Crippen molar-refractivity contribution in [2.75, 3.05) is 5.73 Å². The van der Waals surface area contributed by atoms with E-state index in [2.05, 4.69) is 5.10 Å². The molecule has 2 aromatic rings. The topological polar surface area (TPSA) is 43.8 Å². The zero-order valence-corrected chi connectivity index (χ0v) is 10.0. The zero-order chi connectivity index (χ0) is 12.4. The third kappa shape index (κ3) is 2.46. The van der Waals surface area contributed by atoms with Crippen LogP contribution in [0.4, 0.5) is 10.2 Å². The number of nitrogens with two attached hydrogens (primary N) is 1. The van der Waals surface area contributed by atoms with Crippen molar-refractivity contribution in [2.45, 2.75) is 26.3 Å². The van der Waals surface area contributed by atoms with Gasteiger partial charge in [-0.15, -0.1) is 0 Å². The molecule has 0 aliphatic carbocycles. The summed E-state index contributed by atoms with van der Waals surface area (Å²) in [6, 6.07) is 6.73. The highest BCUT2D eigenvalue weighted by Crippen LogP contribution is 2.19. The van der Waals surface area contributed by atoms with Crippen LogP contribution in [0.25, 0.3) is 0 Å². The predicted octanol–water partition coefficient (Wildman–Crippen LogP) is 2.72. The van der Waals surface area contributed by atoms with E-state index in [-0.39, 0.29) is 11.9 Å². The van der Waals surface area contributed by atoms with Crippen molar-refractivity contribution in [1.29, 1.82) is 0 Å². The second kappa shape index (κ2) is 4.57. The number of hydrogen-bond donors (Lipinski definition) is 1. The second-order valence-electron chi connectivity index (χ2n) is 4.34. The first-order valence-electron chi connectivity index (χ1n) is 5.62. The Kier molecular flexibility index (Phi) is 3.13. The highest BCUT2D eigenvalue weighted by molar-refractivity contribution is 5.37. The monoisotopic (exact) mass is 233 g/mol. The smallest absolute Gasteiger partial charge is 0.124 e. The molecule has 1 aromatic carbocycles. The summed E-state index contributed by atoms with van der Waals surface area (Å²) >= 11 is 0.